The minimum Gasteiger partial charge on any atom is -0.469 e. The predicted octanol–water partition coefficient (Wildman–Crippen LogP) is 1.82. The zero-order chi connectivity index (χ0) is 12.8. The number of Topliss-reactive ketones (excluding diaryl/α,β-unsaturated/α-hetero) is 1. The van der Waals surface area contributed by atoms with Gasteiger partial charge in [-0.25, -0.2) is 0 Å². The van der Waals surface area contributed by atoms with Crippen molar-refractivity contribution in [3.8, 4) is 0 Å². The summed E-state index contributed by atoms with van der Waals surface area (Å²) in [5.41, 5.74) is 0. The molecular weight excluding hydrogens is 220 g/mol. The molecule has 0 bridgehead atoms. The van der Waals surface area contributed by atoms with Crippen LogP contribution in [-0.2, 0) is 19.1 Å². The lowest BCUT2D eigenvalue weighted by atomic mass is 9.78. The van der Waals surface area contributed by atoms with Gasteiger partial charge in [-0.3, -0.25) is 9.59 Å². The molecular formula is C13H22O4. The van der Waals surface area contributed by atoms with E-state index in [-0.39, 0.29) is 35.9 Å². The van der Waals surface area contributed by atoms with E-state index in [2.05, 4.69) is 4.74 Å². The maximum absolute atomic E-state index is 12.1. The molecule has 0 spiro atoms. The van der Waals surface area contributed by atoms with Crippen molar-refractivity contribution < 1.29 is 19.1 Å². The zero-order valence-corrected chi connectivity index (χ0v) is 10.9. The molecule has 0 amide bonds. The molecule has 0 N–H and O–H groups in total. The fourth-order valence-corrected chi connectivity index (χ4v) is 2.31. The van der Waals surface area contributed by atoms with Gasteiger partial charge >= 0.3 is 5.97 Å². The highest BCUT2D eigenvalue weighted by Crippen LogP contribution is 2.29. The Morgan fingerprint density at radius 3 is 2.35 bits per heavy atom. The van der Waals surface area contributed by atoms with Crippen LogP contribution in [-0.4, -0.2) is 32.1 Å². The Morgan fingerprint density at radius 2 is 1.88 bits per heavy atom. The standard InChI is InChI=1S/C13H22O4/c1-9(2)13(15)11(8-12(14)16-3)10-4-6-17-7-5-10/h9-11H,4-8H2,1-3H3. The van der Waals surface area contributed by atoms with Gasteiger partial charge in [0.15, 0.2) is 0 Å². The van der Waals surface area contributed by atoms with Gasteiger partial charge in [0.2, 0.25) is 0 Å². The summed E-state index contributed by atoms with van der Waals surface area (Å²) >= 11 is 0. The molecule has 0 saturated carbocycles. The molecule has 0 aromatic rings. The number of carbonyl (C=O) groups excluding carboxylic acids is 2. The summed E-state index contributed by atoms with van der Waals surface area (Å²) in [7, 11) is 1.36. The first-order valence-corrected chi connectivity index (χ1v) is 6.24. The van der Waals surface area contributed by atoms with Gasteiger partial charge < -0.3 is 9.47 Å². The Balaban J connectivity index is 2.69. The van der Waals surface area contributed by atoms with E-state index in [1.165, 1.54) is 7.11 Å². The monoisotopic (exact) mass is 242 g/mol. The first-order valence-electron chi connectivity index (χ1n) is 6.24. The zero-order valence-electron chi connectivity index (χ0n) is 10.9. The van der Waals surface area contributed by atoms with Crippen molar-refractivity contribution >= 4 is 11.8 Å². The number of ether oxygens (including phenoxy) is 2. The van der Waals surface area contributed by atoms with E-state index in [9.17, 15) is 9.59 Å². The molecule has 17 heavy (non-hydrogen) atoms. The predicted molar refractivity (Wildman–Crippen MR) is 63.5 cm³/mol. The Morgan fingerprint density at radius 1 is 1.29 bits per heavy atom. The maximum atomic E-state index is 12.1. The lowest BCUT2D eigenvalue weighted by Gasteiger charge is -2.29. The van der Waals surface area contributed by atoms with Gasteiger partial charge in [-0.15, -0.1) is 0 Å². The molecule has 0 radical (unpaired) electrons. The summed E-state index contributed by atoms with van der Waals surface area (Å²) in [6, 6.07) is 0. The second-order valence-corrected chi connectivity index (χ2v) is 4.89. The number of rotatable bonds is 5. The molecule has 1 aliphatic rings. The van der Waals surface area contributed by atoms with Gasteiger partial charge in [0.25, 0.3) is 0 Å². The molecule has 98 valence electrons. The van der Waals surface area contributed by atoms with Crippen LogP contribution in [0.2, 0.25) is 0 Å². The molecule has 0 aromatic heterocycles. The highest BCUT2D eigenvalue weighted by molar-refractivity contribution is 5.86. The molecule has 1 unspecified atom stereocenters. The third-order valence-electron chi connectivity index (χ3n) is 3.38. The van der Waals surface area contributed by atoms with Crippen molar-refractivity contribution in [1.29, 1.82) is 0 Å². The third-order valence-corrected chi connectivity index (χ3v) is 3.38. The molecule has 0 aliphatic carbocycles. The van der Waals surface area contributed by atoms with E-state index < -0.39 is 0 Å². The molecule has 1 aliphatic heterocycles. The van der Waals surface area contributed by atoms with Crippen LogP contribution >= 0.6 is 0 Å². The second kappa shape index (κ2) is 6.74. The highest BCUT2D eigenvalue weighted by Gasteiger charge is 2.32. The van der Waals surface area contributed by atoms with E-state index in [1.54, 1.807) is 0 Å². The van der Waals surface area contributed by atoms with Gasteiger partial charge in [0.05, 0.1) is 13.5 Å². The summed E-state index contributed by atoms with van der Waals surface area (Å²) < 4.78 is 9.97. The van der Waals surface area contributed by atoms with Crippen molar-refractivity contribution in [1.82, 2.24) is 0 Å². The smallest absolute Gasteiger partial charge is 0.306 e. The first-order chi connectivity index (χ1) is 8.06. The van der Waals surface area contributed by atoms with Gasteiger partial charge in [0, 0.05) is 25.0 Å². The lowest BCUT2D eigenvalue weighted by Crippen LogP contribution is -2.33. The Labute approximate surface area is 103 Å². The quantitative estimate of drug-likeness (QED) is 0.690. The molecule has 1 atom stereocenters. The van der Waals surface area contributed by atoms with E-state index >= 15 is 0 Å². The molecule has 1 heterocycles. The summed E-state index contributed by atoms with van der Waals surface area (Å²) in [5, 5.41) is 0. The first kappa shape index (κ1) is 14.2. The fourth-order valence-electron chi connectivity index (χ4n) is 2.31. The summed E-state index contributed by atoms with van der Waals surface area (Å²) in [5.74, 6) is -0.102. The summed E-state index contributed by atoms with van der Waals surface area (Å²) in [6.45, 7) is 5.14. The van der Waals surface area contributed by atoms with E-state index in [0.717, 1.165) is 12.8 Å². The number of carbonyl (C=O) groups is 2. The maximum Gasteiger partial charge on any atom is 0.306 e. The average Bonchev–Trinajstić information content (AvgIpc) is 2.35. The van der Waals surface area contributed by atoms with Crippen LogP contribution < -0.4 is 0 Å². The molecule has 4 nitrogen and oxygen atoms in total. The van der Waals surface area contributed by atoms with Crippen LogP contribution in [0.3, 0.4) is 0 Å². The minimum absolute atomic E-state index is 0.0347. The van der Waals surface area contributed by atoms with Crippen LogP contribution in [0.1, 0.15) is 33.1 Å². The number of methoxy groups -OCH3 is 1. The molecule has 1 fully saturated rings. The fraction of sp³-hybridized carbons (Fsp3) is 0.846. The Kier molecular flexibility index (Phi) is 5.62. The molecule has 0 aromatic carbocycles. The van der Waals surface area contributed by atoms with Crippen LogP contribution in [0.25, 0.3) is 0 Å². The van der Waals surface area contributed by atoms with Gasteiger partial charge in [0.1, 0.15) is 5.78 Å². The normalized spacial score (nSPS) is 19.1. The van der Waals surface area contributed by atoms with Crippen LogP contribution in [0, 0.1) is 17.8 Å². The molecule has 1 rings (SSSR count). The van der Waals surface area contributed by atoms with E-state index in [4.69, 9.17) is 4.74 Å². The van der Waals surface area contributed by atoms with Crippen molar-refractivity contribution in [3.63, 3.8) is 0 Å². The SMILES string of the molecule is COC(=O)CC(C(=O)C(C)C)C1CCOCC1. The van der Waals surface area contributed by atoms with Crippen molar-refractivity contribution in [2.75, 3.05) is 20.3 Å². The highest BCUT2D eigenvalue weighted by atomic mass is 16.5. The van der Waals surface area contributed by atoms with Crippen LogP contribution in [0.5, 0.6) is 0 Å². The largest absolute Gasteiger partial charge is 0.469 e. The lowest BCUT2D eigenvalue weighted by molar-refractivity contribution is -0.146. The number of esters is 1. The average molecular weight is 242 g/mol. The van der Waals surface area contributed by atoms with E-state index in [1.807, 2.05) is 13.8 Å². The third kappa shape index (κ3) is 4.11. The number of hydrogen-bond acceptors (Lipinski definition) is 4. The second-order valence-electron chi connectivity index (χ2n) is 4.89. The van der Waals surface area contributed by atoms with Crippen molar-refractivity contribution in [2.24, 2.45) is 17.8 Å². The minimum atomic E-state index is -0.296. The van der Waals surface area contributed by atoms with Crippen molar-refractivity contribution in [3.05, 3.63) is 0 Å². The topological polar surface area (TPSA) is 52.6 Å². The summed E-state index contributed by atoms with van der Waals surface area (Å²) in [4.78, 5) is 23.5. The van der Waals surface area contributed by atoms with Crippen molar-refractivity contribution in [2.45, 2.75) is 33.1 Å². The Hall–Kier alpha value is -0.900. The Bertz CT molecular complexity index is 267. The molecule has 4 heteroatoms. The molecule has 1 saturated heterocycles. The number of ketones is 1. The summed E-state index contributed by atoms with van der Waals surface area (Å²) in [6.07, 6.45) is 1.93. The van der Waals surface area contributed by atoms with Crippen LogP contribution in [0.15, 0.2) is 0 Å². The van der Waals surface area contributed by atoms with Gasteiger partial charge in [-0.2, -0.15) is 0 Å². The van der Waals surface area contributed by atoms with Crippen LogP contribution in [0.4, 0.5) is 0 Å². The van der Waals surface area contributed by atoms with Gasteiger partial charge in [-0.1, -0.05) is 13.8 Å². The van der Waals surface area contributed by atoms with Gasteiger partial charge in [-0.05, 0) is 18.8 Å². The van der Waals surface area contributed by atoms with E-state index in [0.29, 0.717) is 13.2 Å². The number of hydrogen-bond donors (Lipinski definition) is 0.